The third-order valence-electron chi connectivity index (χ3n) is 3.68. The summed E-state index contributed by atoms with van der Waals surface area (Å²) in [6, 6.07) is 7.48. The van der Waals surface area contributed by atoms with Crippen molar-refractivity contribution in [2.75, 3.05) is 19.6 Å². The summed E-state index contributed by atoms with van der Waals surface area (Å²) >= 11 is 0. The first kappa shape index (κ1) is 15.0. The van der Waals surface area contributed by atoms with Gasteiger partial charge in [0.15, 0.2) is 0 Å². The minimum atomic E-state index is -0.0215. The Morgan fingerprint density at radius 1 is 1.19 bits per heavy atom. The zero-order valence-corrected chi connectivity index (χ0v) is 12.4. The Balaban J connectivity index is 2.09. The Bertz CT molecular complexity index is 604. The maximum atomic E-state index is 12.1. The van der Waals surface area contributed by atoms with Crippen molar-refractivity contribution in [3.8, 4) is 6.07 Å². The summed E-state index contributed by atoms with van der Waals surface area (Å²) < 4.78 is 0. The molecule has 0 radical (unpaired) electrons. The molecule has 1 aromatic carbocycles. The Hall–Kier alpha value is -2.35. The van der Waals surface area contributed by atoms with Crippen LogP contribution in [-0.2, 0) is 16.1 Å². The average molecular weight is 285 g/mol. The molecule has 0 saturated carbocycles. The Labute approximate surface area is 124 Å². The fraction of sp³-hybridized carbons (Fsp3) is 0.438. The van der Waals surface area contributed by atoms with Gasteiger partial charge in [-0.05, 0) is 36.6 Å². The first-order valence-electron chi connectivity index (χ1n) is 7.10. The normalized spacial score (nSPS) is 15.3. The second-order valence-corrected chi connectivity index (χ2v) is 5.32. The van der Waals surface area contributed by atoms with Gasteiger partial charge in [0.05, 0.1) is 18.2 Å². The number of nitriles is 1. The molecule has 0 aliphatic carbocycles. The van der Waals surface area contributed by atoms with E-state index < -0.39 is 0 Å². The van der Waals surface area contributed by atoms with Crippen molar-refractivity contribution in [2.45, 2.75) is 26.8 Å². The first-order valence-corrected chi connectivity index (χ1v) is 7.10. The number of piperazine rings is 1. The minimum Gasteiger partial charge on any atom is -0.332 e. The van der Waals surface area contributed by atoms with Gasteiger partial charge in [0.1, 0.15) is 6.54 Å². The lowest BCUT2D eigenvalue weighted by molar-refractivity contribution is -0.150. The van der Waals surface area contributed by atoms with E-state index in [1.807, 2.05) is 19.9 Å². The van der Waals surface area contributed by atoms with Gasteiger partial charge in [-0.1, -0.05) is 13.0 Å². The van der Waals surface area contributed by atoms with Crippen LogP contribution in [0.4, 0.5) is 0 Å². The average Bonchev–Trinajstić information content (AvgIpc) is 2.46. The molecule has 1 aromatic rings. The quantitative estimate of drug-likeness (QED) is 0.841. The zero-order chi connectivity index (χ0) is 15.4. The molecule has 5 nitrogen and oxygen atoms in total. The van der Waals surface area contributed by atoms with Crippen LogP contribution in [0.3, 0.4) is 0 Å². The number of carbonyl (C=O) groups excluding carboxylic acids is 2. The van der Waals surface area contributed by atoms with Crippen molar-refractivity contribution in [2.24, 2.45) is 0 Å². The molecule has 1 fully saturated rings. The van der Waals surface area contributed by atoms with E-state index in [0.29, 0.717) is 18.7 Å². The number of aryl methyl sites for hydroxylation is 1. The van der Waals surface area contributed by atoms with Gasteiger partial charge in [-0.15, -0.1) is 0 Å². The van der Waals surface area contributed by atoms with Crippen LogP contribution in [0.2, 0.25) is 0 Å². The monoisotopic (exact) mass is 285 g/mol. The number of carbonyl (C=O) groups is 2. The molecule has 1 aliphatic heterocycles. The Morgan fingerprint density at radius 2 is 1.86 bits per heavy atom. The van der Waals surface area contributed by atoms with Crippen molar-refractivity contribution in [1.29, 1.82) is 5.26 Å². The van der Waals surface area contributed by atoms with Crippen LogP contribution in [0.25, 0.3) is 0 Å². The third kappa shape index (κ3) is 3.40. The second kappa shape index (κ2) is 6.40. The summed E-state index contributed by atoms with van der Waals surface area (Å²) in [7, 11) is 0. The Morgan fingerprint density at radius 3 is 2.48 bits per heavy atom. The van der Waals surface area contributed by atoms with E-state index in [0.717, 1.165) is 17.5 Å². The van der Waals surface area contributed by atoms with Gasteiger partial charge >= 0.3 is 0 Å². The Kier molecular flexibility index (Phi) is 4.59. The first-order chi connectivity index (χ1) is 10.0. The molecule has 0 spiro atoms. The topological polar surface area (TPSA) is 64.4 Å². The fourth-order valence-corrected chi connectivity index (χ4v) is 2.47. The predicted octanol–water partition coefficient (Wildman–Crippen LogP) is 1.45. The molecule has 0 unspecified atom stereocenters. The number of hydrogen-bond acceptors (Lipinski definition) is 3. The highest BCUT2D eigenvalue weighted by Gasteiger charge is 2.29. The van der Waals surface area contributed by atoms with Crippen LogP contribution in [-0.4, -0.2) is 41.2 Å². The van der Waals surface area contributed by atoms with Crippen LogP contribution >= 0.6 is 0 Å². The third-order valence-corrected chi connectivity index (χ3v) is 3.68. The largest absolute Gasteiger partial charge is 0.332 e. The molecular weight excluding hydrogens is 266 g/mol. The number of nitrogens with zero attached hydrogens (tertiary/aromatic N) is 3. The van der Waals surface area contributed by atoms with E-state index in [1.54, 1.807) is 21.9 Å². The summed E-state index contributed by atoms with van der Waals surface area (Å²) in [6.45, 7) is 5.26. The van der Waals surface area contributed by atoms with E-state index in [2.05, 4.69) is 6.07 Å². The minimum absolute atomic E-state index is 0.00254. The van der Waals surface area contributed by atoms with Crippen molar-refractivity contribution >= 4 is 11.8 Å². The molecule has 1 aliphatic rings. The number of amides is 2. The molecule has 2 amide bonds. The molecular formula is C16H19N3O2. The smallest absolute Gasteiger partial charge is 0.242 e. The standard InChI is InChI=1S/C16H19N3O2/c1-3-6-18-10-16(21)19(11-15(18)20)9-14-5-4-13(8-17)7-12(14)2/h4-5,7H,3,6,9-11H2,1-2H3. The molecule has 0 N–H and O–H groups in total. The maximum absolute atomic E-state index is 12.1. The summed E-state index contributed by atoms with van der Waals surface area (Å²) in [4.78, 5) is 27.4. The number of hydrogen-bond donors (Lipinski definition) is 0. The highest BCUT2D eigenvalue weighted by Crippen LogP contribution is 2.15. The van der Waals surface area contributed by atoms with Gasteiger partial charge in [-0.3, -0.25) is 9.59 Å². The predicted molar refractivity (Wildman–Crippen MR) is 78.2 cm³/mol. The molecule has 110 valence electrons. The van der Waals surface area contributed by atoms with Crippen LogP contribution < -0.4 is 0 Å². The molecule has 1 heterocycles. The second-order valence-electron chi connectivity index (χ2n) is 5.32. The summed E-state index contributed by atoms with van der Waals surface area (Å²) in [6.07, 6.45) is 0.855. The lowest BCUT2D eigenvalue weighted by Gasteiger charge is -2.34. The number of benzene rings is 1. The number of rotatable bonds is 4. The summed E-state index contributed by atoms with van der Waals surface area (Å²) in [5.41, 5.74) is 2.54. The molecule has 5 heteroatoms. The lowest BCUT2D eigenvalue weighted by atomic mass is 10.0. The summed E-state index contributed by atoms with van der Waals surface area (Å²) in [5.74, 6) is -0.0189. The highest BCUT2D eigenvalue weighted by atomic mass is 16.2. The lowest BCUT2D eigenvalue weighted by Crippen LogP contribution is -2.53. The van der Waals surface area contributed by atoms with Crippen LogP contribution in [0.5, 0.6) is 0 Å². The van der Waals surface area contributed by atoms with Crippen LogP contribution in [0.1, 0.15) is 30.0 Å². The van der Waals surface area contributed by atoms with Gasteiger partial charge in [0.2, 0.25) is 11.8 Å². The van der Waals surface area contributed by atoms with Gasteiger partial charge < -0.3 is 9.80 Å². The van der Waals surface area contributed by atoms with Gasteiger partial charge in [-0.2, -0.15) is 5.26 Å². The van der Waals surface area contributed by atoms with Gasteiger partial charge in [-0.25, -0.2) is 0 Å². The van der Waals surface area contributed by atoms with Crippen LogP contribution in [0, 0.1) is 18.3 Å². The molecule has 0 aromatic heterocycles. The van der Waals surface area contributed by atoms with E-state index in [-0.39, 0.29) is 24.9 Å². The van der Waals surface area contributed by atoms with Gasteiger partial charge in [0, 0.05) is 13.1 Å². The van der Waals surface area contributed by atoms with Crippen molar-refractivity contribution in [3.63, 3.8) is 0 Å². The van der Waals surface area contributed by atoms with E-state index in [9.17, 15) is 9.59 Å². The molecule has 2 rings (SSSR count). The highest BCUT2D eigenvalue weighted by molar-refractivity contribution is 5.92. The molecule has 1 saturated heterocycles. The van der Waals surface area contributed by atoms with E-state index >= 15 is 0 Å². The molecule has 21 heavy (non-hydrogen) atoms. The molecule has 0 bridgehead atoms. The van der Waals surface area contributed by atoms with Crippen molar-refractivity contribution < 1.29 is 9.59 Å². The molecule has 0 atom stereocenters. The van der Waals surface area contributed by atoms with Gasteiger partial charge in [0.25, 0.3) is 0 Å². The zero-order valence-electron chi connectivity index (χ0n) is 12.4. The van der Waals surface area contributed by atoms with Crippen LogP contribution in [0.15, 0.2) is 18.2 Å². The SMILES string of the molecule is CCCN1CC(=O)N(Cc2ccc(C#N)cc2C)CC1=O. The summed E-state index contributed by atoms with van der Waals surface area (Å²) in [5, 5.41) is 8.87. The van der Waals surface area contributed by atoms with Crippen molar-refractivity contribution in [3.05, 3.63) is 34.9 Å². The van der Waals surface area contributed by atoms with E-state index in [4.69, 9.17) is 5.26 Å². The maximum Gasteiger partial charge on any atom is 0.242 e. The fourth-order valence-electron chi connectivity index (χ4n) is 2.47. The van der Waals surface area contributed by atoms with E-state index in [1.165, 1.54) is 0 Å². The van der Waals surface area contributed by atoms with Crippen molar-refractivity contribution in [1.82, 2.24) is 9.80 Å².